The SMILES string of the molecule is CCN1CCOC(C(=O)NC(CO)c2cc(F)c(F)c(F)c2)C1. The van der Waals surface area contributed by atoms with E-state index in [-0.39, 0.29) is 5.56 Å². The van der Waals surface area contributed by atoms with Gasteiger partial charge in [-0.1, -0.05) is 6.92 Å². The number of morpholine rings is 1. The number of ether oxygens (including phenoxy) is 1. The first-order valence-corrected chi connectivity index (χ1v) is 7.35. The van der Waals surface area contributed by atoms with E-state index in [2.05, 4.69) is 5.32 Å². The molecular weight excluding hydrogens is 313 g/mol. The molecule has 1 aromatic rings. The summed E-state index contributed by atoms with van der Waals surface area (Å²) >= 11 is 0. The van der Waals surface area contributed by atoms with Crippen LogP contribution in [0.3, 0.4) is 0 Å². The van der Waals surface area contributed by atoms with Crippen LogP contribution < -0.4 is 5.32 Å². The van der Waals surface area contributed by atoms with Crippen molar-refractivity contribution in [3.05, 3.63) is 35.1 Å². The van der Waals surface area contributed by atoms with Crippen molar-refractivity contribution in [3.63, 3.8) is 0 Å². The summed E-state index contributed by atoms with van der Waals surface area (Å²) in [5.74, 6) is -4.84. The van der Waals surface area contributed by atoms with Crippen molar-refractivity contribution in [2.75, 3.05) is 32.8 Å². The second-order valence-corrected chi connectivity index (χ2v) is 5.29. The number of halogens is 3. The Kier molecular flexibility index (Phi) is 5.97. The van der Waals surface area contributed by atoms with Gasteiger partial charge in [0.15, 0.2) is 17.5 Å². The number of carbonyl (C=O) groups excluding carboxylic acids is 1. The molecule has 128 valence electrons. The van der Waals surface area contributed by atoms with Gasteiger partial charge >= 0.3 is 0 Å². The molecule has 0 aromatic heterocycles. The van der Waals surface area contributed by atoms with Crippen LogP contribution in [0, 0.1) is 17.5 Å². The van der Waals surface area contributed by atoms with Gasteiger partial charge in [-0.3, -0.25) is 9.69 Å². The molecule has 23 heavy (non-hydrogen) atoms. The molecule has 1 fully saturated rings. The first-order chi connectivity index (χ1) is 11.0. The summed E-state index contributed by atoms with van der Waals surface area (Å²) in [5.41, 5.74) is -0.0552. The fourth-order valence-electron chi connectivity index (χ4n) is 2.42. The van der Waals surface area contributed by atoms with Crippen molar-refractivity contribution in [1.29, 1.82) is 0 Å². The maximum atomic E-state index is 13.3. The molecule has 2 unspecified atom stereocenters. The summed E-state index contributed by atoms with van der Waals surface area (Å²) in [5, 5.41) is 11.8. The van der Waals surface area contributed by atoms with Gasteiger partial charge < -0.3 is 15.2 Å². The van der Waals surface area contributed by atoms with Crippen LogP contribution in [0.4, 0.5) is 13.2 Å². The molecular formula is C15H19F3N2O3. The van der Waals surface area contributed by atoms with E-state index in [0.29, 0.717) is 13.2 Å². The maximum Gasteiger partial charge on any atom is 0.251 e. The Hall–Kier alpha value is -1.64. The quantitative estimate of drug-likeness (QED) is 0.789. The Morgan fingerprint density at radius 3 is 2.65 bits per heavy atom. The van der Waals surface area contributed by atoms with Crippen LogP contribution >= 0.6 is 0 Å². The summed E-state index contributed by atoms with van der Waals surface area (Å²) in [4.78, 5) is 14.2. The lowest BCUT2D eigenvalue weighted by Crippen LogP contribution is -2.50. The number of aliphatic hydroxyl groups excluding tert-OH is 1. The van der Waals surface area contributed by atoms with Crippen LogP contribution in [-0.2, 0) is 9.53 Å². The molecule has 0 radical (unpaired) electrons. The Morgan fingerprint density at radius 1 is 1.43 bits per heavy atom. The van der Waals surface area contributed by atoms with E-state index >= 15 is 0 Å². The molecule has 2 atom stereocenters. The highest BCUT2D eigenvalue weighted by atomic mass is 19.2. The number of carbonyl (C=O) groups is 1. The monoisotopic (exact) mass is 332 g/mol. The molecule has 1 heterocycles. The predicted octanol–water partition coefficient (Wildman–Crippen LogP) is 0.974. The van der Waals surface area contributed by atoms with Crippen molar-refractivity contribution < 1.29 is 27.8 Å². The van der Waals surface area contributed by atoms with E-state index in [1.165, 1.54) is 0 Å². The average Bonchev–Trinajstić information content (AvgIpc) is 2.56. The summed E-state index contributed by atoms with van der Waals surface area (Å²) < 4.78 is 44.9. The molecule has 1 aliphatic rings. The highest BCUT2D eigenvalue weighted by Gasteiger charge is 2.28. The number of nitrogens with zero attached hydrogens (tertiary/aromatic N) is 1. The lowest BCUT2D eigenvalue weighted by Gasteiger charge is -2.32. The van der Waals surface area contributed by atoms with Gasteiger partial charge in [0.05, 0.1) is 19.3 Å². The molecule has 2 rings (SSSR count). The first kappa shape index (κ1) is 17.7. The smallest absolute Gasteiger partial charge is 0.251 e. The third-order valence-corrected chi connectivity index (χ3v) is 3.80. The summed E-state index contributed by atoms with van der Waals surface area (Å²) in [7, 11) is 0. The van der Waals surface area contributed by atoms with Crippen LogP contribution in [0.1, 0.15) is 18.5 Å². The number of nitrogens with one attached hydrogen (secondary N) is 1. The van der Waals surface area contributed by atoms with Gasteiger partial charge in [0.25, 0.3) is 5.91 Å². The normalized spacial score (nSPS) is 20.3. The highest BCUT2D eigenvalue weighted by molar-refractivity contribution is 5.81. The molecule has 8 heteroatoms. The molecule has 1 aromatic carbocycles. The Bertz CT molecular complexity index is 548. The second-order valence-electron chi connectivity index (χ2n) is 5.29. The largest absolute Gasteiger partial charge is 0.394 e. The minimum absolute atomic E-state index is 0.0552. The Morgan fingerprint density at radius 2 is 2.09 bits per heavy atom. The molecule has 1 amide bonds. The number of hydrogen-bond acceptors (Lipinski definition) is 4. The van der Waals surface area contributed by atoms with E-state index < -0.39 is 42.1 Å². The van der Waals surface area contributed by atoms with Crippen molar-refractivity contribution in [2.45, 2.75) is 19.1 Å². The average molecular weight is 332 g/mol. The van der Waals surface area contributed by atoms with Gasteiger partial charge in [0, 0.05) is 13.1 Å². The predicted molar refractivity (Wildman–Crippen MR) is 76.1 cm³/mol. The lowest BCUT2D eigenvalue weighted by molar-refractivity contribution is -0.139. The molecule has 0 bridgehead atoms. The number of likely N-dealkylation sites (N-methyl/N-ethyl adjacent to an activating group) is 1. The molecule has 0 aliphatic carbocycles. The summed E-state index contributed by atoms with van der Waals surface area (Å²) in [6.45, 7) is 3.66. The first-order valence-electron chi connectivity index (χ1n) is 7.35. The summed E-state index contributed by atoms with van der Waals surface area (Å²) in [6, 6.07) is 0.451. The van der Waals surface area contributed by atoms with Gasteiger partial charge in [-0.25, -0.2) is 13.2 Å². The minimum Gasteiger partial charge on any atom is -0.394 e. The zero-order chi connectivity index (χ0) is 17.0. The van der Waals surface area contributed by atoms with Crippen LogP contribution in [0.15, 0.2) is 12.1 Å². The topological polar surface area (TPSA) is 61.8 Å². The van der Waals surface area contributed by atoms with Gasteiger partial charge in [-0.05, 0) is 24.2 Å². The number of benzene rings is 1. The number of aliphatic hydroxyl groups is 1. The molecule has 0 saturated carbocycles. The molecule has 1 saturated heterocycles. The van der Waals surface area contributed by atoms with Gasteiger partial charge in [-0.2, -0.15) is 0 Å². The van der Waals surface area contributed by atoms with Crippen molar-refractivity contribution in [3.8, 4) is 0 Å². The molecule has 0 spiro atoms. The van der Waals surface area contributed by atoms with Gasteiger partial charge in [0.1, 0.15) is 6.10 Å². The van der Waals surface area contributed by atoms with Crippen LogP contribution in [0.25, 0.3) is 0 Å². The minimum atomic E-state index is -1.59. The zero-order valence-electron chi connectivity index (χ0n) is 12.7. The van der Waals surface area contributed by atoms with Crippen molar-refractivity contribution in [2.24, 2.45) is 0 Å². The van der Waals surface area contributed by atoms with E-state index in [4.69, 9.17) is 4.74 Å². The third kappa shape index (κ3) is 4.21. The second kappa shape index (κ2) is 7.76. The summed E-state index contributed by atoms with van der Waals surface area (Å²) in [6.07, 6.45) is -0.729. The Balaban J connectivity index is 2.08. The van der Waals surface area contributed by atoms with Crippen molar-refractivity contribution in [1.82, 2.24) is 10.2 Å². The standard InChI is InChI=1S/C15H19F3N2O3/c1-2-20-3-4-23-13(7-20)15(22)19-12(8-21)9-5-10(16)14(18)11(17)6-9/h5-6,12-13,21H,2-4,7-8H2,1H3,(H,19,22). The Labute approximate surface area is 132 Å². The number of hydrogen-bond donors (Lipinski definition) is 2. The number of rotatable bonds is 5. The maximum absolute atomic E-state index is 13.3. The molecule has 5 nitrogen and oxygen atoms in total. The highest BCUT2D eigenvalue weighted by Crippen LogP contribution is 2.19. The van der Waals surface area contributed by atoms with Crippen molar-refractivity contribution >= 4 is 5.91 Å². The molecule has 2 N–H and O–H groups in total. The third-order valence-electron chi connectivity index (χ3n) is 3.80. The number of amides is 1. The van der Waals surface area contributed by atoms with E-state index in [1.54, 1.807) is 0 Å². The van der Waals surface area contributed by atoms with E-state index in [9.17, 15) is 23.1 Å². The fourth-order valence-corrected chi connectivity index (χ4v) is 2.42. The fraction of sp³-hybridized carbons (Fsp3) is 0.533. The zero-order valence-corrected chi connectivity index (χ0v) is 12.7. The van der Waals surface area contributed by atoms with Crippen LogP contribution in [-0.4, -0.2) is 54.9 Å². The van der Waals surface area contributed by atoms with E-state index in [0.717, 1.165) is 25.2 Å². The van der Waals surface area contributed by atoms with Crippen LogP contribution in [0.2, 0.25) is 0 Å². The van der Waals surface area contributed by atoms with Gasteiger partial charge in [0.2, 0.25) is 0 Å². The molecule has 1 aliphatic heterocycles. The van der Waals surface area contributed by atoms with Gasteiger partial charge in [-0.15, -0.1) is 0 Å². The van der Waals surface area contributed by atoms with E-state index in [1.807, 2.05) is 11.8 Å². The van der Waals surface area contributed by atoms with Crippen LogP contribution in [0.5, 0.6) is 0 Å². The lowest BCUT2D eigenvalue weighted by atomic mass is 10.1.